The van der Waals surface area contributed by atoms with Crippen LogP contribution in [-0.4, -0.2) is 30.7 Å². The Morgan fingerprint density at radius 2 is 2.05 bits per heavy atom. The monoisotopic (exact) mass is 330 g/mol. The zero-order valence-electron chi connectivity index (χ0n) is 14.1. The number of hydrogen-bond donors (Lipinski definition) is 2. The van der Waals surface area contributed by atoms with Crippen molar-refractivity contribution in [3.63, 3.8) is 0 Å². The predicted octanol–water partition coefficient (Wildman–Crippen LogP) is 2.49. The molecular formula is C17H31ClN2O2. The van der Waals surface area contributed by atoms with Gasteiger partial charge in [-0.25, -0.2) is 0 Å². The van der Waals surface area contributed by atoms with E-state index in [0.29, 0.717) is 18.9 Å². The molecule has 3 saturated carbocycles. The van der Waals surface area contributed by atoms with Crippen LogP contribution in [0.15, 0.2) is 0 Å². The lowest BCUT2D eigenvalue weighted by Crippen LogP contribution is -2.75. The van der Waals surface area contributed by atoms with Gasteiger partial charge in [-0.2, -0.15) is 0 Å². The summed E-state index contributed by atoms with van der Waals surface area (Å²) in [7, 11) is 0. The Kier molecular flexibility index (Phi) is 5.15. The molecule has 0 aromatic rings. The summed E-state index contributed by atoms with van der Waals surface area (Å²) in [5.74, 6) is 2.47. The molecule has 3 fully saturated rings. The molecule has 0 radical (unpaired) electrons. The van der Waals surface area contributed by atoms with Gasteiger partial charge in [0.25, 0.3) is 0 Å². The van der Waals surface area contributed by atoms with Crippen LogP contribution in [0, 0.1) is 23.2 Å². The van der Waals surface area contributed by atoms with Crippen LogP contribution in [-0.2, 0) is 9.53 Å². The Labute approximate surface area is 140 Å². The second kappa shape index (κ2) is 6.29. The summed E-state index contributed by atoms with van der Waals surface area (Å²) in [5.41, 5.74) is 5.35. The van der Waals surface area contributed by atoms with E-state index < -0.39 is 5.54 Å². The number of hydrogen-bond acceptors (Lipinski definition) is 3. The van der Waals surface area contributed by atoms with Gasteiger partial charge in [-0.05, 0) is 43.9 Å². The van der Waals surface area contributed by atoms with Crippen LogP contribution in [0.2, 0.25) is 0 Å². The minimum Gasteiger partial charge on any atom is -0.378 e. The molecule has 3 N–H and O–H groups in total. The number of amides is 1. The maximum Gasteiger partial charge on any atom is 0.240 e. The lowest BCUT2D eigenvalue weighted by molar-refractivity contribution is -0.170. The molecule has 0 aromatic heterocycles. The smallest absolute Gasteiger partial charge is 0.240 e. The van der Waals surface area contributed by atoms with Crippen molar-refractivity contribution in [3.05, 3.63) is 0 Å². The summed E-state index contributed by atoms with van der Waals surface area (Å²) >= 11 is 0. The molecule has 5 heteroatoms. The summed E-state index contributed by atoms with van der Waals surface area (Å²) < 4.78 is 5.70. The fourth-order valence-electron chi connectivity index (χ4n) is 4.83. The first kappa shape index (κ1) is 18.0. The van der Waals surface area contributed by atoms with Crippen LogP contribution in [0.25, 0.3) is 0 Å². The number of nitrogens with two attached hydrogens (primary N) is 1. The SMILES string of the molecule is CCOC1CC(N)(C(=O)NCC2CC3CCC2C3)C1(C)C.Cl. The van der Waals surface area contributed by atoms with Gasteiger partial charge in [0.1, 0.15) is 5.54 Å². The van der Waals surface area contributed by atoms with Crippen LogP contribution < -0.4 is 11.1 Å². The van der Waals surface area contributed by atoms with Gasteiger partial charge < -0.3 is 15.8 Å². The average Bonchev–Trinajstić information content (AvgIpc) is 3.06. The molecule has 3 aliphatic rings. The van der Waals surface area contributed by atoms with Gasteiger partial charge in [0.2, 0.25) is 5.91 Å². The van der Waals surface area contributed by atoms with E-state index in [4.69, 9.17) is 10.5 Å². The molecule has 3 rings (SSSR count). The number of carbonyl (C=O) groups is 1. The van der Waals surface area contributed by atoms with Gasteiger partial charge in [0.05, 0.1) is 6.10 Å². The Bertz CT molecular complexity index is 429. The Hall–Kier alpha value is -0.320. The van der Waals surface area contributed by atoms with Gasteiger partial charge in [-0.15, -0.1) is 12.4 Å². The van der Waals surface area contributed by atoms with Crippen molar-refractivity contribution in [2.45, 2.75) is 64.5 Å². The fraction of sp³-hybridized carbons (Fsp3) is 0.941. The molecule has 0 saturated heterocycles. The standard InChI is InChI=1S/C17H30N2O2.ClH/c1-4-21-14-9-17(18,16(14,2)3)15(20)19-10-13-8-11-5-6-12(13)7-11;/h11-14H,4-10,18H2,1-3H3,(H,19,20);1H. The van der Waals surface area contributed by atoms with Crippen molar-refractivity contribution >= 4 is 18.3 Å². The van der Waals surface area contributed by atoms with E-state index in [0.717, 1.165) is 18.4 Å². The summed E-state index contributed by atoms with van der Waals surface area (Å²) in [5, 5.41) is 3.15. The van der Waals surface area contributed by atoms with E-state index in [1.807, 2.05) is 20.8 Å². The van der Waals surface area contributed by atoms with Crippen molar-refractivity contribution in [2.75, 3.05) is 13.2 Å². The molecule has 2 bridgehead atoms. The maximum absolute atomic E-state index is 12.6. The molecule has 0 heterocycles. The second-order valence-electron chi connectivity index (χ2n) is 7.99. The molecule has 0 aromatic carbocycles. The first-order chi connectivity index (χ1) is 9.88. The molecule has 5 unspecified atom stereocenters. The van der Waals surface area contributed by atoms with Crippen LogP contribution in [0.3, 0.4) is 0 Å². The largest absolute Gasteiger partial charge is 0.378 e. The minimum atomic E-state index is -0.773. The zero-order chi connectivity index (χ0) is 15.3. The van der Waals surface area contributed by atoms with Gasteiger partial charge in [0, 0.05) is 25.0 Å². The van der Waals surface area contributed by atoms with Crippen LogP contribution in [0.1, 0.15) is 52.9 Å². The third kappa shape index (κ3) is 2.67. The van der Waals surface area contributed by atoms with E-state index in [1.54, 1.807) is 0 Å². The van der Waals surface area contributed by atoms with Crippen molar-refractivity contribution in [3.8, 4) is 0 Å². The third-order valence-electron chi connectivity index (χ3n) is 6.64. The van der Waals surface area contributed by atoms with Gasteiger partial charge >= 0.3 is 0 Å². The van der Waals surface area contributed by atoms with Crippen molar-refractivity contribution in [2.24, 2.45) is 28.9 Å². The Morgan fingerprint density at radius 3 is 2.55 bits per heavy atom. The van der Waals surface area contributed by atoms with Gasteiger partial charge in [-0.1, -0.05) is 20.3 Å². The normalized spacial score (nSPS) is 41.6. The number of fused-ring (bicyclic) bond motifs is 2. The van der Waals surface area contributed by atoms with E-state index in [9.17, 15) is 4.79 Å². The average molecular weight is 331 g/mol. The maximum atomic E-state index is 12.6. The van der Waals surface area contributed by atoms with E-state index in [-0.39, 0.29) is 29.8 Å². The molecule has 5 atom stereocenters. The lowest BCUT2D eigenvalue weighted by Gasteiger charge is -2.57. The molecule has 0 aliphatic heterocycles. The lowest BCUT2D eigenvalue weighted by atomic mass is 9.54. The third-order valence-corrected chi connectivity index (χ3v) is 6.64. The molecule has 4 nitrogen and oxygen atoms in total. The van der Waals surface area contributed by atoms with Crippen LogP contribution in [0.4, 0.5) is 0 Å². The second-order valence-corrected chi connectivity index (χ2v) is 7.99. The number of nitrogens with one attached hydrogen (secondary N) is 1. The van der Waals surface area contributed by atoms with Crippen molar-refractivity contribution in [1.82, 2.24) is 5.32 Å². The molecule has 22 heavy (non-hydrogen) atoms. The quantitative estimate of drug-likeness (QED) is 0.814. The van der Waals surface area contributed by atoms with Gasteiger partial charge in [0.15, 0.2) is 0 Å². The summed E-state index contributed by atoms with van der Waals surface area (Å²) in [6.45, 7) is 7.58. The fourth-order valence-corrected chi connectivity index (χ4v) is 4.83. The van der Waals surface area contributed by atoms with E-state index in [1.165, 1.54) is 25.7 Å². The number of halogens is 1. The summed E-state index contributed by atoms with van der Waals surface area (Å²) in [6.07, 6.45) is 6.17. The highest BCUT2D eigenvalue weighted by molar-refractivity contribution is 5.88. The highest BCUT2D eigenvalue weighted by Gasteiger charge is 2.62. The first-order valence-corrected chi connectivity index (χ1v) is 8.57. The molecule has 128 valence electrons. The summed E-state index contributed by atoms with van der Waals surface area (Å²) in [6, 6.07) is 0. The Morgan fingerprint density at radius 1 is 1.32 bits per heavy atom. The van der Waals surface area contributed by atoms with E-state index >= 15 is 0 Å². The topological polar surface area (TPSA) is 64.3 Å². The van der Waals surface area contributed by atoms with Crippen LogP contribution >= 0.6 is 12.4 Å². The van der Waals surface area contributed by atoms with E-state index in [2.05, 4.69) is 5.32 Å². The summed E-state index contributed by atoms with van der Waals surface area (Å²) in [4.78, 5) is 12.6. The molecule has 3 aliphatic carbocycles. The first-order valence-electron chi connectivity index (χ1n) is 8.57. The van der Waals surface area contributed by atoms with Crippen molar-refractivity contribution < 1.29 is 9.53 Å². The Balaban J connectivity index is 0.00000176. The molecule has 0 spiro atoms. The minimum absolute atomic E-state index is 0. The highest BCUT2D eigenvalue weighted by Crippen LogP contribution is 2.50. The number of rotatable bonds is 5. The zero-order valence-corrected chi connectivity index (χ0v) is 14.9. The highest BCUT2D eigenvalue weighted by atomic mass is 35.5. The van der Waals surface area contributed by atoms with Crippen molar-refractivity contribution in [1.29, 1.82) is 0 Å². The van der Waals surface area contributed by atoms with Gasteiger partial charge in [-0.3, -0.25) is 4.79 Å². The number of ether oxygens (including phenoxy) is 1. The number of carbonyl (C=O) groups excluding carboxylic acids is 1. The molecular weight excluding hydrogens is 300 g/mol. The van der Waals surface area contributed by atoms with Crippen LogP contribution in [0.5, 0.6) is 0 Å². The predicted molar refractivity (Wildman–Crippen MR) is 89.9 cm³/mol. The molecule has 1 amide bonds.